The van der Waals surface area contributed by atoms with Crippen LogP contribution in [0, 0.1) is 0 Å². The molecule has 0 amide bonds. The number of nitrogens with zero attached hydrogens (tertiary/aromatic N) is 2. The lowest BCUT2D eigenvalue weighted by Crippen LogP contribution is -2.41. The van der Waals surface area contributed by atoms with Crippen molar-refractivity contribution < 1.29 is 8.42 Å². The van der Waals surface area contributed by atoms with Gasteiger partial charge in [-0.15, -0.1) is 0 Å². The van der Waals surface area contributed by atoms with E-state index < -0.39 is 10.0 Å². The van der Waals surface area contributed by atoms with Gasteiger partial charge in [-0.2, -0.15) is 0 Å². The van der Waals surface area contributed by atoms with Gasteiger partial charge in [-0.25, -0.2) is 13.1 Å². The average Bonchev–Trinajstić information content (AvgIpc) is 3.52. The summed E-state index contributed by atoms with van der Waals surface area (Å²) in [7, 11) is -1.62. The lowest BCUT2D eigenvalue weighted by Gasteiger charge is -2.33. The smallest absolute Gasteiger partial charge is 0.240 e. The number of guanidine groups is 1. The number of sulfonamides is 1. The summed E-state index contributed by atoms with van der Waals surface area (Å²) in [5, 5.41) is 6.66. The van der Waals surface area contributed by atoms with Crippen molar-refractivity contribution in [3.63, 3.8) is 0 Å². The maximum Gasteiger partial charge on any atom is 0.240 e. The van der Waals surface area contributed by atoms with Crippen molar-refractivity contribution in [3.05, 3.63) is 29.8 Å². The fourth-order valence-corrected chi connectivity index (χ4v) is 4.97. The Kier molecular flexibility index (Phi) is 7.91. The molecule has 1 aliphatic carbocycles. The molecule has 2 fully saturated rings. The number of piperidine rings is 1. The molecule has 8 heteroatoms. The first-order valence-electron chi connectivity index (χ1n) is 10.8. The molecule has 1 aromatic carbocycles. The SMILES string of the molecule is CN=C(NCCCN1CCCCC1C)NCc1ccc(S(=O)(=O)NC2CC2)cc1. The monoisotopic (exact) mass is 421 g/mol. The molecule has 1 aromatic rings. The van der Waals surface area contributed by atoms with Crippen LogP contribution in [0.2, 0.25) is 0 Å². The summed E-state index contributed by atoms with van der Waals surface area (Å²) in [6, 6.07) is 7.84. The minimum absolute atomic E-state index is 0.119. The first-order valence-corrected chi connectivity index (χ1v) is 12.3. The number of hydrogen-bond donors (Lipinski definition) is 3. The minimum Gasteiger partial charge on any atom is -0.356 e. The van der Waals surface area contributed by atoms with Crippen molar-refractivity contribution >= 4 is 16.0 Å². The molecular weight excluding hydrogens is 386 g/mol. The summed E-state index contributed by atoms with van der Waals surface area (Å²) in [4.78, 5) is 7.17. The second kappa shape index (κ2) is 10.4. The summed E-state index contributed by atoms with van der Waals surface area (Å²) in [5.74, 6) is 0.767. The average molecular weight is 422 g/mol. The van der Waals surface area contributed by atoms with Crippen LogP contribution in [-0.2, 0) is 16.6 Å². The first kappa shape index (κ1) is 22.1. The fraction of sp³-hybridized carbons (Fsp3) is 0.667. The Morgan fingerprint density at radius 3 is 2.55 bits per heavy atom. The summed E-state index contributed by atoms with van der Waals surface area (Å²) in [6.45, 7) is 6.14. The standard InChI is InChI=1S/C21H35N5O2S/c1-17-6-3-4-14-26(17)15-5-13-23-21(22-2)24-16-18-7-11-20(12-8-18)29(27,28)25-19-9-10-19/h7-8,11-12,17,19,25H,3-6,9-10,13-16H2,1-2H3,(H2,22,23,24). The molecule has 1 saturated heterocycles. The molecular formula is C21H35N5O2S. The Hall–Kier alpha value is -1.64. The van der Waals surface area contributed by atoms with E-state index in [0.29, 0.717) is 17.5 Å². The topological polar surface area (TPSA) is 85.8 Å². The van der Waals surface area contributed by atoms with Crippen molar-refractivity contribution in [1.29, 1.82) is 0 Å². The molecule has 3 rings (SSSR count). The highest BCUT2D eigenvalue weighted by Gasteiger charge is 2.27. The molecule has 1 heterocycles. The van der Waals surface area contributed by atoms with Crippen LogP contribution in [0.1, 0.15) is 51.0 Å². The molecule has 29 heavy (non-hydrogen) atoms. The summed E-state index contributed by atoms with van der Waals surface area (Å²) < 4.78 is 27.2. The van der Waals surface area contributed by atoms with Crippen LogP contribution in [0.25, 0.3) is 0 Å². The molecule has 0 aromatic heterocycles. The summed E-state index contributed by atoms with van der Waals surface area (Å²) >= 11 is 0. The Morgan fingerprint density at radius 1 is 1.14 bits per heavy atom. The maximum absolute atomic E-state index is 12.2. The summed E-state index contributed by atoms with van der Waals surface area (Å²) in [5.41, 5.74) is 1.01. The number of benzene rings is 1. The van der Waals surface area contributed by atoms with Crippen LogP contribution in [0.15, 0.2) is 34.2 Å². The zero-order chi connectivity index (χ0) is 20.7. The van der Waals surface area contributed by atoms with Crippen LogP contribution < -0.4 is 15.4 Å². The third-order valence-corrected chi connectivity index (χ3v) is 7.21. The quantitative estimate of drug-likeness (QED) is 0.323. The third kappa shape index (κ3) is 6.97. The third-order valence-electron chi connectivity index (χ3n) is 5.67. The minimum atomic E-state index is -3.39. The van der Waals surface area contributed by atoms with Crippen molar-refractivity contribution in [2.75, 3.05) is 26.7 Å². The van der Waals surface area contributed by atoms with E-state index in [2.05, 4.69) is 32.2 Å². The molecule has 1 unspecified atom stereocenters. The number of likely N-dealkylation sites (tertiary alicyclic amines) is 1. The predicted octanol–water partition coefficient (Wildman–Crippen LogP) is 2.06. The highest BCUT2D eigenvalue weighted by Crippen LogP contribution is 2.22. The van der Waals surface area contributed by atoms with Crippen LogP contribution >= 0.6 is 0 Å². The number of hydrogen-bond acceptors (Lipinski definition) is 4. The largest absolute Gasteiger partial charge is 0.356 e. The van der Waals surface area contributed by atoms with Gasteiger partial charge in [0.25, 0.3) is 0 Å². The van der Waals surface area contributed by atoms with Gasteiger partial charge in [0.05, 0.1) is 4.90 Å². The molecule has 3 N–H and O–H groups in total. The van der Waals surface area contributed by atoms with Crippen LogP contribution in [0.4, 0.5) is 0 Å². The van der Waals surface area contributed by atoms with E-state index in [1.807, 2.05) is 12.1 Å². The van der Waals surface area contributed by atoms with E-state index in [-0.39, 0.29) is 6.04 Å². The zero-order valence-corrected chi connectivity index (χ0v) is 18.5. The maximum atomic E-state index is 12.2. The van der Waals surface area contributed by atoms with Gasteiger partial charge < -0.3 is 15.5 Å². The van der Waals surface area contributed by atoms with Gasteiger partial charge in [0.2, 0.25) is 10.0 Å². The Labute approximate surface area is 175 Å². The van der Waals surface area contributed by atoms with E-state index in [4.69, 9.17) is 0 Å². The van der Waals surface area contributed by atoms with Gasteiger partial charge in [0.1, 0.15) is 0 Å². The molecule has 162 valence electrons. The Morgan fingerprint density at radius 2 is 1.90 bits per heavy atom. The van der Waals surface area contributed by atoms with E-state index in [9.17, 15) is 8.42 Å². The van der Waals surface area contributed by atoms with Crippen LogP contribution in [0.3, 0.4) is 0 Å². The van der Waals surface area contributed by atoms with Gasteiger partial charge >= 0.3 is 0 Å². The molecule has 0 radical (unpaired) electrons. The Bertz CT molecular complexity index is 775. The molecule has 1 saturated carbocycles. The lowest BCUT2D eigenvalue weighted by atomic mass is 10.0. The molecule has 2 aliphatic rings. The van der Waals surface area contributed by atoms with Crippen molar-refractivity contribution in [1.82, 2.24) is 20.3 Å². The van der Waals surface area contributed by atoms with E-state index >= 15 is 0 Å². The van der Waals surface area contributed by atoms with Crippen LogP contribution in [0.5, 0.6) is 0 Å². The molecule has 0 spiro atoms. The number of aliphatic imine (C=N–C) groups is 1. The molecule has 1 atom stereocenters. The van der Waals surface area contributed by atoms with Gasteiger partial charge in [-0.1, -0.05) is 18.6 Å². The number of nitrogens with one attached hydrogen (secondary N) is 3. The zero-order valence-electron chi connectivity index (χ0n) is 17.7. The second-order valence-electron chi connectivity index (χ2n) is 8.13. The van der Waals surface area contributed by atoms with Gasteiger partial charge in [-0.05, 0) is 63.3 Å². The van der Waals surface area contributed by atoms with Gasteiger partial charge in [-0.3, -0.25) is 4.99 Å². The van der Waals surface area contributed by atoms with Crippen molar-refractivity contribution in [2.24, 2.45) is 4.99 Å². The van der Waals surface area contributed by atoms with E-state index in [1.165, 1.54) is 25.8 Å². The molecule has 7 nitrogen and oxygen atoms in total. The second-order valence-corrected chi connectivity index (χ2v) is 9.84. The molecule has 0 bridgehead atoms. The predicted molar refractivity (Wildman–Crippen MR) is 117 cm³/mol. The first-order chi connectivity index (χ1) is 14.0. The van der Waals surface area contributed by atoms with E-state index in [0.717, 1.165) is 43.9 Å². The lowest BCUT2D eigenvalue weighted by molar-refractivity contribution is 0.159. The van der Waals surface area contributed by atoms with E-state index in [1.54, 1.807) is 19.2 Å². The summed E-state index contributed by atoms with van der Waals surface area (Å²) in [6.07, 6.45) is 6.95. The number of rotatable bonds is 9. The fourth-order valence-electron chi connectivity index (χ4n) is 3.66. The van der Waals surface area contributed by atoms with Gasteiger partial charge in [0.15, 0.2) is 5.96 Å². The molecule has 1 aliphatic heterocycles. The highest BCUT2D eigenvalue weighted by molar-refractivity contribution is 7.89. The van der Waals surface area contributed by atoms with Crippen LogP contribution in [-0.4, -0.2) is 58.0 Å². The van der Waals surface area contributed by atoms with Gasteiger partial charge in [0, 0.05) is 38.8 Å². The van der Waals surface area contributed by atoms with Crippen molar-refractivity contribution in [3.8, 4) is 0 Å². The highest BCUT2D eigenvalue weighted by atomic mass is 32.2. The Balaban J connectivity index is 1.38. The van der Waals surface area contributed by atoms with Crippen molar-refractivity contribution in [2.45, 2.75) is 69.0 Å². The normalized spacial score (nSPS) is 21.2.